The van der Waals surface area contributed by atoms with Crippen LogP contribution in [0.2, 0.25) is 0 Å². The van der Waals surface area contributed by atoms with Gasteiger partial charge in [0.1, 0.15) is 11.7 Å². The highest BCUT2D eigenvalue weighted by molar-refractivity contribution is 7.83. The SMILES string of the molecule is CC(=O)C(NS(=O)(=O)O)(OCc1ccccc1)C(O)(C(C)C)C(O)C(C)O. The van der Waals surface area contributed by atoms with E-state index in [9.17, 15) is 33.1 Å². The number of aliphatic hydroxyl groups is 3. The third-order valence-electron chi connectivity index (χ3n) is 4.42. The van der Waals surface area contributed by atoms with Crippen molar-refractivity contribution in [2.45, 2.75) is 57.8 Å². The fourth-order valence-corrected chi connectivity index (χ4v) is 3.68. The Morgan fingerprint density at radius 2 is 1.70 bits per heavy atom. The van der Waals surface area contributed by atoms with Gasteiger partial charge in [-0.3, -0.25) is 9.35 Å². The van der Waals surface area contributed by atoms with E-state index < -0.39 is 45.5 Å². The van der Waals surface area contributed by atoms with Crippen molar-refractivity contribution in [3.63, 3.8) is 0 Å². The fraction of sp³-hybridized carbons (Fsp3) is 0.588. The quantitative estimate of drug-likeness (QED) is 0.269. The predicted octanol–water partition coefficient (Wildman–Crippen LogP) is 0.00970. The highest BCUT2D eigenvalue weighted by Gasteiger charge is 2.63. The summed E-state index contributed by atoms with van der Waals surface area (Å²) in [6, 6.07) is 8.38. The average Bonchev–Trinajstić information content (AvgIpc) is 2.56. The number of carbonyl (C=O) groups is 1. The van der Waals surface area contributed by atoms with E-state index in [0.717, 1.165) is 13.8 Å². The van der Waals surface area contributed by atoms with Gasteiger partial charge in [0.2, 0.25) is 5.72 Å². The largest absolute Gasteiger partial charge is 0.391 e. The molecule has 10 heteroatoms. The highest BCUT2D eigenvalue weighted by Crippen LogP contribution is 2.38. The lowest BCUT2D eigenvalue weighted by atomic mass is 9.73. The second-order valence-corrected chi connectivity index (χ2v) is 7.91. The number of nitrogens with one attached hydrogen (secondary N) is 1. The first-order valence-electron chi connectivity index (χ1n) is 8.31. The fourth-order valence-electron chi connectivity index (χ4n) is 2.95. The molecule has 154 valence electrons. The standard InChI is InChI=1S/C17H27NO8S/c1-11(2)16(22,15(21)12(3)19)17(13(4)20,18-27(23,24)25)26-10-14-8-6-5-7-9-14/h5-9,11-12,15,18-19,21-22H,10H2,1-4H3,(H,23,24,25). The molecule has 1 aromatic rings. The van der Waals surface area contributed by atoms with Crippen LogP contribution in [-0.4, -0.2) is 57.6 Å². The number of hydrogen-bond donors (Lipinski definition) is 5. The molecule has 0 bridgehead atoms. The molecular formula is C17H27NO8S. The van der Waals surface area contributed by atoms with Gasteiger partial charge in [0.25, 0.3) is 0 Å². The van der Waals surface area contributed by atoms with Gasteiger partial charge in [0.05, 0.1) is 12.7 Å². The molecule has 5 N–H and O–H groups in total. The molecular weight excluding hydrogens is 378 g/mol. The van der Waals surface area contributed by atoms with Crippen molar-refractivity contribution in [2.24, 2.45) is 5.92 Å². The molecule has 0 aromatic heterocycles. The minimum Gasteiger partial charge on any atom is -0.391 e. The van der Waals surface area contributed by atoms with E-state index in [2.05, 4.69) is 0 Å². The Balaban J connectivity index is 3.59. The van der Waals surface area contributed by atoms with Crippen LogP contribution < -0.4 is 4.72 Å². The van der Waals surface area contributed by atoms with Crippen molar-refractivity contribution < 1.29 is 37.8 Å². The minimum atomic E-state index is -5.06. The molecule has 0 amide bonds. The molecule has 1 rings (SSSR count). The van der Waals surface area contributed by atoms with Crippen molar-refractivity contribution in [3.8, 4) is 0 Å². The van der Waals surface area contributed by atoms with E-state index in [4.69, 9.17) is 4.74 Å². The minimum absolute atomic E-state index is 0.329. The van der Waals surface area contributed by atoms with Crippen LogP contribution in [0.15, 0.2) is 30.3 Å². The molecule has 0 fully saturated rings. The number of ketones is 1. The van der Waals surface area contributed by atoms with Crippen molar-refractivity contribution in [3.05, 3.63) is 35.9 Å². The van der Waals surface area contributed by atoms with Gasteiger partial charge in [0.15, 0.2) is 5.78 Å². The van der Waals surface area contributed by atoms with Crippen molar-refractivity contribution in [1.29, 1.82) is 0 Å². The summed E-state index contributed by atoms with van der Waals surface area (Å²) in [5.41, 5.74) is -4.84. The molecule has 27 heavy (non-hydrogen) atoms. The van der Waals surface area contributed by atoms with Crippen molar-refractivity contribution in [1.82, 2.24) is 4.72 Å². The second-order valence-electron chi connectivity index (χ2n) is 6.75. The zero-order chi connectivity index (χ0) is 21.0. The smallest absolute Gasteiger partial charge is 0.336 e. The molecule has 1 aromatic carbocycles. The van der Waals surface area contributed by atoms with E-state index in [0.29, 0.717) is 5.56 Å². The predicted molar refractivity (Wildman–Crippen MR) is 96.8 cm³/mol. The molecule has 9 nitrogen and oxygen atoms in total. The van der Waals surface area contributed by atoms with Crippen molar-refractivity contribution >= 4 is 16.1 Å². The summed E-state index contributed by atoms with van der Waals surface area (Å²) in [5, 5.41) is 31.5. The molecule has 0 saturated carbocycles. The van der Waals surface area contributed by atoms with Gasteiger partial charge < -0.3 is 20.1 Å². The lowest BCUT2D eigenvalue weighted by molar-refractivity contribution is -0.257. The lowest BCUT2D eigenvalue weighted by Crippen LogP contribution is -2.76. The molecule has 0 aliphatic carbocycles. The number of rotatable bonds is 10. The van der Waals surface area contributed by atoms with Crippen LogP contribution in [-0.2, 0) is 26.4 Å². The Bertz CT molecular complexity index is 737. The Morgan fingerprint density at radius 1 is 1.19 bits per heavy atom. The number of Topliss-reactive ketones (excluding diaryl/α,β-unsaturated/α-hetero) is 1. The van der Waals surface area contributed by atoms with Crippen LogP contribution in [0.1, 0.15) is 33.3 Å². The molecule has 0 radical (unpaired) electrons. The summed E-state index contributed by atoms with van der Waals surface area (Å²) >= 11 is 0. The Labute approximate surface area is 158 Å². The normalized spacial score (nSPS) is 19.1. The number of carbonyl (C=O) groups excluding carboxylic acids is 1. The molecule has 0 aliphatic heterocycles. The van der Waals surface area contributed by atoms with Crippen LogP contribution in [0, 0.1) is 5.92 Å². The molecule has 4 atom stereocenters. The zero-order valence-corrected chi connectivity index (χ0v) is 16.5. The van der Waals surface area contributed by atoms with E-state index in [-0.39, 0.29) is 6.61 Å². The summed E-state index contributed by atoms with van der Waals surface area (Å²) in [6.07, 6.45) is -3.52. The van der Waals surface area contributed by atoms with E-state index >= 15 is 0 Å². The average molecular weight is 405 g/mol. The first kappa shape index (κ1) is 23.6. The number of ether oxygens (including phenoxy) is 1. The number of hydrogen-bond acceptors (Lipinski definition) is 7. The van der Waals surface area contributed by atoms with Crippen molar-refractivity contribution in [2.75, 3.05) is 0 Å². The molecule has 0 saturated heterocycles. The van der Waals surface area contributed by atoms with Gasteiger partial charge in [-0.15, -0.1) is 0 Å². The zero-order valence-electron chi connectivity index (χ0n) is 15.7. The van der Waals surface area contributed by atoms with E-state index in [1.165, 1.54) is 13.8 Å². The van der Waals surface area contributed by atoms with Crippen LogP contribution in [0.4, 0.5) is 0 Å². The first-order chi connectivity index (χ1) is 12.3. The molecule has 0 spiro atoms. The summed E-state index contributed by atoms with van der Waals surface area (Å²) in [5.74, 6) is -2.00. The van der Waals surface area contributed by atoms with Gasteiger partial charge in [-0.1, -0.05) is 44.2 Å². The lowest BCUT2D eigenvalue weighted by Gasteiger charge is -2.50. The summed E-state index contributed by atoms with van der Waals surface area (Å²) in [4.78, 5) is 12.5. The van der Waals surface area contributed by atoms with E-state index in [1.54, 1.807) is 35.1 Å². The van der Waals surface area contributed by atoms with Crippen LogP contribution in [0.25, 0.3) is 0 Å². The molecule has 4 unspecified atom stereocenters. The molecule has 0 heterocycles. The summed E-state index contributed by atoms with van der Waals surface area (Å²) in [6.45, 7) is 4.57. The third kappa shape index (κ3) is 5.11. The van der Waals surface area contributed by atoms with E-state index in [1.807, 2.05) is 0 Å². The van der Waals surface area contributed by atoms with Gasteiger partial charge >= 0.3 is 10.3 Å². The van der Waals surface area contributed by atoms with Crippen LogP contribution in [0.3, 0.4) is 0 Å². The van der Waals surface area contributed by atoms with Gasteiger partial charge in [-0.2, -0.15) is 13.1 Å². The Hall–Kier alpha value is -1.40. The van der Waals surface area contributed by atoms with Crippen LogP contribution >= 0.6 is 0 Å². The summed E-state index contributed by atoms with van der Waals surface area (Å²) in [7, 11) is -5.06. The molecule has 0 aliphatic rings. The Kier molecular flexibility index (Phi) is 7.65. The van der Waals surface area contributed by atoms with Gasteiger partial charge in [0, 0.05) is 0 Å². The topological polar surface area (TPSA) is 153 Å². The van der Waals surface area contributed by atoms with Gasteiger partial charge in [-0.25, -0.2) is 0 Å². The Morgan fingerprint density at radius 3 is 2.07 bits per heavy atom. The maximum Gasteiger partial charge on any atom is 0.336 e. The van der Waals surface area contributed by atoms with Crippen LogP contribution in [0.5, 0.6) is 0 Å². The van der Waals surface area contributed by atoms with Gasteiger partial charge in [-0.05, 0) is 25.3 Å². The summed E-state index contributed by atoms with van der Waals surface area (Å²) < 4.78 is 39.7. The first-order valence-corrected chi connectivity index (χ1v) is 9.75. The maximum absolute atomic E-state index is 12.5. The number of aliphatic hydroxyl groups excluding tert-OH is 2. The second kappa shape index (κ2) is 8.74. The third-order valence-corrected chi connectivity index (χ3v) is 4.96. The monoisotopic (exact) mass is 405 g/mol. The highest BCUT2D eigenvalue weighted by atomic mass is 32.2. The maximum atomic E-state index is 12.5. The number of benzene rings is 1.